The van der Waals surface area contributed by atoms with Gasteiger partial charge in [0.25, 0.3) is 11.6 Å². The van der Waals surface area contributed by atoms with Crippen LogP contribution in [0.1, 0.15) is 18.4 Å². The first-order valence-corrected chi connectivity index (χ1v) is 8.19. The predicted molar refractivity (Wildman–Crippen MR) is 97.2 cm³/mol. The van der Waals surface area contributed by atoms with Crippen molar-refractivity contribution in [1.82, 2.24) is 10.2 Å². The quantitative estimate of drug-likeness (QED) is 0.360. The number of carbonyl (C=O) groups excluding carboxylic acids is 1. The van der Waals surface area contributed by atoms with Crippen LogP contribution in [0.4, 0.5) is 5.69 Å². The lowest BCUT2D eigenvalue weighted by Crippen LogP contribution is -2.30. The zero-order valence-electron chi connectivity index (χ0n) is 13.8. The highest BCUT2D eigenvalue weighted by molar-refractivity contribution is 7.80. The van der Waals surface area contributed by atoms with Crippen molar-refractivity contribution in [3.8, 4) is 5.75 Å². The maximum Gasteiger partial charge on any atom is 0.276 e. The number of nitrogens with zero attached hydrogens (tertiary/aromatic N) is 2. The Kier molecular flexibility index (Phi) is 4.99. The number of nitro groups is 1. The summed E-state index contributed by atoms with van der Waals surface area (Å²) in [6.07, 6.45) is 1.58. The number of hydrogen-bond acceptors (Lipinski definition) is 6. The first kappa shape index (κ1) is 17.6. The molecule has 1 aromatic carbocycles. The van der Waals surface area contributed by atoms with Crippen molar-refractivity contribution in [2.24, 2.45) is 0 Å². The van der Waals surface area contributed by atoms with Crippen LogP contribution >= 0.6 is 12.2 Å². The lowest BCUT2D eigenvalue weighted by molar-refractivity contribution is -0.384. The van der Waals surface area contributed by atoms with E-state index in [1.54, 1.807) is 18.2 Å². The third-order valence-corrected chi connectivity index (χ3v) is 4.00. The summed E-state index contributed by atoms with van der Waals surface area (Å²) in [7, 11) is 0. The van der Waals surface area contributed by atoms with Gasteiger partial charge < -0.3 is 14.5 Å². The number of likely N-dealkylation sites (N-methyl/N-ethyl adjacent to an activating group) is 1. The van der Waals surface area contributed by atoms with E-state index in [9.17, 15) is 14.9 Å². The smallest absolute Gasteiger partial charge is 0.276 e. The van der Waals surface area contributed by atoms with Crippen LogP contribution in [-0.4, -0.2) is 27.4 Å². The molecule has 9 heteroatoms. The first-order chi connectivity index (χ1) is 12.5. The van der Waals surface area contributed by atoms with E-state index < -0.39 is 4.92 Å². The SMILES string of the molecule is CCN1C(=O)/C(=C\c2ccc(COc3ccc([N+](=O)[O-])cc3)o2)NC1=S. The third kappa shape index (κ3) is 3.72. The second-order valence-electron chi connectivity index (χ2n) is 5.38. The van der Waals surface area contributed by atoms with E-state index in [0.717, 1.165) is 0 Å². The molecule has 0 spiro atoms. The fraction of sp³-hybridized carbons (Fsp3) is 0.176. The van der Waals surface area contributed by atoms with E-state index in [-0.39, 0.29) is 18.2 Å². The number of thiocarbonyl (C=S) groups is 1. The molecule has 26 heavy (non-hydrogen) atoms. The van der Waals surface area contributed by atoms with Crippen LogP contribution in [-0.2, 0) is 11.4 Å². The van der Waals surface area contributed by atoms with Crippen LogP contribution in [0.25, 0.3) is 6.08 Å². The number of hydrogen-bond donors (Lipinski definition) is 1. The van der Waals surface area contributed by atoms with Crippen molar-refractivity contribution in [1.29, 1.82) is 0 Å². The third-order valence-electron chi connectivity index (χ3n) is 3.68. The number of non-ortho nitro benzene ring substituents is 1. The van der Waals surface area contributed by atoms with E-state index in [2.05, 4.69) is 5.32 Å². The van der Waals surface area contributed by atoms with E-state index in [1.165, 1.54) is 29.2 Å². The fourth-order valence-corrected chi connectivity index (χ4v) is 2.69. The topological polar surface area (TPSA) is 97.9 Å². The van der Waals surface area contributed by atoms with Crippen LogP contribution in [0.15, 0.2) is 46.5 Å². The number of rotatable bonds is 6. The molecule has 0 bridgehead atoms. The minimum Gasteiger partial charge on any atom is -0.486 e. The summed E-state index contributed by atoms with van der Waals surface area (Å²) < 4.78 is 11.2. The molecule has 2 aromatic rings. The largest absolute Gasteiger partial charge is 0.486 e. The minimum absolute atomic E-state index is 0.00275. The van der Waals surface area contributed by atoms with Gasteiger partial charge in [-0.1, -0.05) is 0 Å². The molecule has 2 heterocycles. The maximum atomic E-state index is 12.1. The molecule has 1 fully saturated rings. The standard InChI is InChI=1S/C17H15N3O5S/c1-2-19-16(21)15(18-17(19)26)9-13-7-8-14(25-13)10-24-12-5-3-11(4-6-12)20(22)23/h3-9H,2,10H2,1H3,(H,18,26)/b15-9+. The molecule has 1 saturated heterocycles. The summed E-state index contributed by atoms with van der Waals surface area (Å²) in [5, 5.41) is 13.9. The first-order valence-electron chi connectivity index (χ1n) is 7.78. The van der Waals surface area contributed by atoms with Crippen LogP contribution in [0.3, 0.4) is 0 Å². The van der Waals surface area contributed by atoms with Crippen molar-refractivity contribution < 1.29 is 18.9 Å². The van der Waals surface area contributed by atoms with Gasteiger partial charge in [0.05, 0.1) is 4.92 Å². The van der Waals surface area contributed by atoms with Gasteiger partial charge in [0, 0.05) is 24.8 Å². The monoisotopic (exact) mass is 373 g/mol. The summed E-state index contributed by atoms with van der Waals surface area (Å²) >= 11 is 5.10. The number of ether oxygens (including phenoxy) is 1. The Morgan fingerprint density at radius 1 is 1.31 bits per heavy atom. The Bertz CT molecular complexity index is 888. The second kappa shape index (κ2) is 7.36. The van der Waals surface area contributed by atoms with E-state index in [1.807, 2.05) is 6.92 Å². The number of nitrogens with one attached hydrogen (secondary N) is 1. The average molecular weight is 373 g/mol. The van der Waals surface area contributed by atoms with Crippen molar-refractivity contribution in [3.63, 3.8) is 0 Å². The molecule has 134 valence electrons. The molecular weight excluding hydrogens is 358 g/mol. The molecule has 0 saturated carbocycles. The number of nitro benzene ring substituents is 1. The van der Waals surface area contributed by atoms with Gasteiger partial charge in [-0.15, -0.1) is 0 Å². The molecule has 1 N–H and O–H groups in total. The molecule has 0 aliphatic carbocycles. The van der Waals surface area contributed by atoms with Crippen LogP contribution in [0.2, 0.25) is 0 Å². The molecule has 1 aliphatic heterocycles. The lowest BCUT2D eigenvalue weighted by atomic mass is 10.3. The summed E-state index contributed by atoms with van der Waals surface area (Å²) in [5.74, 6) is 1.33. The summed E-state index contributed by atoms with van der Waals surface area (Å²) in [5.41, 5.74) is 0.353. The Morgan fingerprint density at radius 2 is 2.04 bits per heavy atom. The van der Waals surface area contributed by atoms with Gasteiger partial charge in [-0.2, -0.15) is 0 Å². The molecule has 8 nitrogen and oxygen atoms in total. The van der Waals surface area contributed by atoms with E-state index in [4.69, 9.17) is 21.4 Å². The van der Waals surface area contributed by atoms with Crippen molar-refractivity contribution in [3.05, 3.63) is 63.7 Å². The average Bonchev–Trinajstić information content (AvgIpc) is 3.18. The van der Waals surface area contributed by atoms with Crippen LogP contribution in [0.5, 0.6) is 5.75 Å². The van der Waals surface area contributed by atoms with Crippen molar-refractivity contribution >= 4 is 35.0 Å². The number of benzene rings is 1. The zero-order chi connectivity index (χ0) is 18.7. The van der Waals surface area contributed by atoms with Gasteiger partial charge in [-0.05, 0) is 43.4 Å². The second-order valence-corrected chi connectivity index (χ2v) is 5.77. The lowest BCUT2D eigenvalue weighted by Gasteiger charge is -2.08. The maximum absolute atomic E-state index is 12.1. The Morgan fingerprint density at radius 3 is 2.65 bits per heavy atom. The number of amides is 1. The molecule has 0 atom stereocenters. The minimum atomic E-state index is -0.472. The molecule has 3 rings (SSSR count). The Hall–Kier alpha value is -3.20. The highest BCUT2D eigenvalue weighted by Gasteiger charge is 2.29. The fourth-order valence-electron chi connectivity index (χ4n) is 2.37. The molecule has 1 aliphatic rings. The normalized spacial score (nSPS) is 15.4. The van der Waals surface area contributed by atoms with Gasteiger partial charge in [-0.3, -0.25) is 19.8 Å². The number of carbonyl (C=O) groups is 1. The summed E-state index contributed by atoms with van der Waals surface area (Å²) in [6, 6.07) is 9.22. The zero-order valence-corrected chi connectivity index (χ0v) is 14.6. The Labute approximate surface area is 154 Å². The van der Waals surface area contributed by atoms with Crippen molar-refractivity contribution in [2.75, 3.05) is 6.54 Å². The van der Waals surface area contributed by atoms with Crippen LogP contribution < -0.4 is 10.1 Å². The van der Waals surface area contributed by atoms with Gasteiger partial charge in [-0.25, -0.2) is 0 Å². The molecular formula is C17H15N3O5S. The van der Waals surface area contributed by atoms with Gasteiger partial charge in [0.15, 0.2) is 5.11 Å². The van der Waals surface area contributed by atoms with Crippen molar-refractivity contribution in [2.45, 2.75) is 13.5 Å². The molecule has 1 aromatic heterocycles. The predicted octanol–water partition coefficient (Wildman–Crippen LogP) is 2.84. The summed E-state index contributed by atoms with van der Waals surface area (Å²) in [6.45, 7) is 2.49. The highest BCUT2D eigenvalue weighted by Crippen LogP contribution is 2.20. The molecule has 0 unspecified atom stereocenters. The summed E-state index contributed by atoms with van der Waals surface area (Å²) in [4.78, 5) is 23.7. The van der Waals surface area contributed by atoms with E-state index in [0.29, 0.717) is 34.6 Å². The van der Waals surface area contributed by atoms with Gasteiger partial charge in [0.2, 0.25) is 0 Å². The molecule has 0 radical (unpaired) electrons. The molecule has 1 amide bonds. The van der Waals surface area contributed by atoms with E-state index >= 15 is 0 Å². The van der Waals surface area contributed by atoms with Gasteiger partial charge >= 0.3 is 0 Å². The van der Waals surface area contributed by atoms with Gasteiger partial charge in [0.1, 0.15) is 29.6 Å². The number of furan rings is 1. The Balaban J connectivity index is 1.63. The van der Waals surface area contributed by atoms with Crippen LogP contribution in [0, 0.1) is 10.1 Å². The highest BCUT2D eigenvalue weighted by atomic mass is 32.1.